The van der Waals surface area contributed by atoms with E-state index in [1.54, 1.807) is 0 Å². The van der Waals surface area contributed by atoms with Crippen LogP contribution in [0.4, 0.5) is 0 Å². The zero-order valence-electron chi connectivity index (χ0n) is 29.3. The van der Waals surface area contributed by atoms with E-state index in [4.69, 9.17) is 4.43 Å². The average molecular weight is 593 g/mol. The number of hydrogen-bond acceptors (Lipinski definition) is 2. The van der Waals surface area contributed by atoms with E-state index in [9.17, 15) is 4.79 Å². The SMILES string of the molecule is C=C(C)C(=O)O[Si](CCCCCCCCCCCCCCCCCC)(CC(CC)CCCC)CC(CC)CCCC. The van der Waals surface area contributed by atoms with Gasteiger partial charge in [0.1, 0.15) is 0 Å². The lowest BCUT2D eigenvalue weighted by Gasteiger charge is -2.37. The minimum atomic E-state index is -2.21. The molecule has 0 fully saturated rings. The number of carbonyl (C=O) groups is 1. The summed E-state index contributed by atoms with van der Waals surface area (Å²) in [6.07, 6.45) is 32.5. The van der Waals surface area contributed by atoms with Crippen LogP contribution < -0.4 is 0 Å². The standard InChI is InChI=1S/C38H76O2Si/c1-8-13-16-17-18-19-20-21-22-23-24-25-26-27-28-29-32-41(40-38(39)35(6)7,33-36(11-4)30-14-9-2)34-37(12-5)31-15-10-3/h36-37H,6,8-34H2,1-5,7H3. The number of unbranched alkanes of at least 4 members (excludes halogenated alkanes) is 17. The predicted octanol–water partition coefficient (Wildman–Crippen LogP) is 13.7. The maximum atomic E-state index is 13.0. The van der Waals surface area contributed by atoms with Gasteiger partial charge in [-0.2, -0.15) is 0 Å². The summed E-state index contributed by atoms with van der Waals surface area (Å²) in [5.74, 6) is 1.29. The molecule has 0 aliphatic heterocycles. The quantitative estimate of drug-likeness (QED) is 0.0454. The topological polar surface area (TPSA) is 26.3 Å². The summed E-state index contributed by atoms with van der Waals surface area (Å²) < 4.78 is 6.65. The maximum absolute atomic E-state index is 13.0. The van der Waals surface area contributed by atoms with Crippen LogP contribution in [0.15, 0.2) is 12.2 Å². The molecule has 0 N–H and O–H groups in total. The number of carbonyl (C=O) groups excluding carboxylic acids is 1. The summed E-state index contributed by atoms with van der Waals surface area (Å²) in [6, 6.07) is 3.50. The summed E-state index contributed by atoms with van der Waals surface area (Å²) >= 11 is 0. The molecule has 2 unspecified atom stereocenters. The van der Waals surface area contributed by atoms with Crippen molar-refractivity contribution < 1.29 is 9.22 Å². The molecule has 0 aliphatic rings. The molecule has 0 radical (unpaired) electrons. The molecule has 0 rings (SSSR count). The van der Waals surface area contributed by atoms with Crippen molar-refractivity contribution in [3.05, 3.63) is 12.2 Å². The molecule has 0 aromatic carbocycles. The zero-order valence-corrected chi connectivity index (χ0v) is 30.3. The second-order valence-electron chi connectivity index (χ2n) is 13.6. The van der Waals surface area contributed by atoms with Crippen molar-refractivity contribution in [1.82, 2.24) is 0 Å². The third kappa shape index (κ3) is 22.6. The molecule has 41 heavy (non-hydrogen) atoms. The van der Waals surface area contributed by atoms with Gasteiger partial charge in [0.15, 0.2) is 0 Å². The summed E-state index contributed by atoms with van der Waals surface area (Å²) in [7, 11) is -2.21. The maximum Gasteiger partial charge on any atom is 0.319 e. The minimum absolute atomic E-state index is 0.108. The zero-order chi connectivity index (χ0) is 30.6. The molecule has 0 saturated heterocycles. The molecule has 0 amide bonds. The third-order valence-electron chi connectivity index (χ3n) is 9.55. The summed E-state index contributed by atoms with van der Waals surface area (Å²) in [5, 5.41) is 0. The summed E-state index contributed by atoms with van der Waals surface area (Å²) in [4.78, 5) is 13.0. The molecule has 244 valence electrons. The van der Waals surface area contributed by atoms with E-state index in [-0.39, 0.29) is 5.97 Å². The molecule has 0 aromatic rings. The van der Waals surface area contributed by atoms with Gasteiger partial charge < -0.3 is 4.43 Å². The van der Waals surface area contributed by atoms with E-state index in [1.165, 1.54) is 166 Å². The van der Waals surface area contributed by atoms with Crippen LogP contribution in [0, 0.1) is 11.8 Å². The first-order valence-corrected chi connectivity index (χ1v) is 21.3. The molecule has 0 spiro atoms. The van der Waals surface area contributed by atoms with E-state index in [0.717, 1.165) is 6.04 Å². The molecule has 3 heteroatoms. The first-order valence-electron chi connectivity index (χ1n) is 18.8. The Morgan fingerprint density at radius 3 is 1.22 bits per heavy atom. The Balaban J connectivity index is 4.77. The highest BCUT2D eigenvalue weighted by Gasteiger charge is 2.41. The minimum Gasteiger partial charge on any atom is -0.516 e. The summed E-state index contributed by atoms with van der Waals surface area (Å²) in [6.45, 7) is 17.4. The van der Waals surface area contributed by atoms with Gasteiger partial charge in [-0.1, -0.05) is 195 Å². The molecule has 0 aromatic heterocycles. The molecule has 0 saturated carbocycles. The smallest absolute Gasteiger partial charge is 0.319 e. The Morgan fingerprint density at radius 2 is 0.902 bits per heavy atom. The van der Waals surface area contributed by atoms with E-state index in [0.29, 0.717) is 17.4 Å². The second-order valence-corrected chi connectivity index (χ2v) is 17.5. The van der Waals surface area contributed by atoms with Crippen molar-refractivity contribution in [1.29, 1.82) is 0 Å². The van der Waals surface area contributed by atoms with Gasteiger partial charge in [0.05, 0.1) is 0 Å². The number of rotatable bonds is 31. The van der Waals surface area contributed by atoms with Crippen LogP contribution in [0.2, 0.25) is 18.1 Å². The van der Waals surface area contributed by atoms with Gasteiger partial charge >= 0.3 is 5.97 Å². The van der Waals surface area contributed by atoms with Crippen molar-refractivity contribution >= 4 is 14.3 Å². The van der Waals surface area contributed by atoms with Crippen molar-refractivity contribution in [3.8, 4) is 0 Å². The average Bonchev–Trinajstić information content (AvgIpc) is 2.97. The normalized spacial score (nSPS) is 14.5. The van der Waals surface area contributed by atoms with Crippen LogP contribution in [-0.2, 0) is 9.22 Å². The van der Waals surface area contributed by atoms with Crippen LogP contribution in [-0.4, -0.2) is 14.3 Å². The first kappa shape index (κ1) is 40.4. The van der Waals surface area contributed by atoms with Gasteiger partial charge in [-0.15, -0.1) is 0 Å². The monoisotopic (exact) mass is 593 g/mol. The largest absolute Gasteiger partial charge is 0.516 e. The van der Waals surface area contributed by atoms with E-state index in [2.05, 4.69) is 41.2 Å². The third-order valence-corrected chi connectivity index (χ3v) is 14.1. The van der Waals surface area contributed by atoms with Gasteiger partial charge in [0, 0.05) is 5.57 Å². The van der Waals surface area contributed by atoms with E-state index in [1.807, 2.05) is 6.92 Å². The Kier molecular flexibility index (Phi) is 27.8. The number of hydrogen-bond donors (Lipinski definition) is 0. The molecular formula is C38H76O2Si. The van der Waals surface area contributed by atoms with Crippen molar-refractivity contribution in [2.75, 3.05) is 0 Å². The molecule has 0 bridgehead atoms. The lowest BCUT2D eigenvalue weighted by Crippen LogP contribution is -2.44. The Morgan fingerprint density at radius 1 is 0.561 bits per heavy atom. The highest BCUT2D eigenvalue weighted by atomic mass is 28.4. The molecular weight excluding hydrogens is 517 g/mol. The lowest BCUT2D eigenvalue weighted by atomic mass is 10.0. The van der Waals surface area contributed by atoms with Crippen LogP contribution in [0.3, 0.4) is 0 Å². The summed E-state index contributed by atoms with van der Waals surface area (Å²) in [5.41, 5.74) is 0.581. The predicted molar refractivity (Wildman–Crippen MR) is 187 cm³/mol. The Bertz CT molecular complexity index is 583. The fraction of sp³-hybridized carbons (Fsp3) is 0.921. The highest BCUT2D eigenvalue weighted by Crippen LogP contribution is 2.38. The van der Waals surface area contributed by atoms with Crippen molar-refractivity contribution in [3.63, 3.8) is 0 Å². The molecule has 0 aliphatic carbocycles. The Hall–Kier alpha value is -0.573. The molecule has 2 nitrogen and oxygen atoms in total. The van der Waals surface area contributed by atoms with Gasteiger partial charge in [-0.3, -0.25) is 0 Å². The fourth-order valence-corrected chi connectivity index (χ4v) is 12.0. The van der Waals surface area contributed by atoms with E-state index < -0.39 is 8.32 Å². The van der Waals surface area contributed by atoms with Crippen molar-refractivity contribution in [2.45, 2.75) is 214 Å². The van der Waals surface area contributed by atoms with Gasteiger partial charge in [0.2, 0.25) is 0 Å². The highest BCUT2D eigenvalue weighted by molar-refractivity contribution is 6.75. The Labute approximate surface area is 260 Å². The van der Waals surface area contributed by atoms with Gasteiger partial charge in [0.25, 0.3) is 8.32 Å². The lowest BCUT2D eigenvalue weighted by molar-refractivity contribution is -0.131. The fourth-order valence-electron chi connectivity index (χ4n) is 6.64. The van der Waals surface area contributed by atoms with Gasteiger partial charge in [-0.25, -0.2) is 4.79 Å². The van der Waals surface area contributed by atoms with Crippen LogP contribution in [0.25, 0.3) is 0 Å². The van der Waals surface area contributed by atoms with Crippen LogP contribution in [0.5, 0.6) is 0 Å². The second kappa shape index (κ2) is 28.2. The van der Waals surface area contributed by atoms with Crippen LogP contribution >= 0.6 is 0 Å². The molecule has 0 heterocycles. The molecule has 2 atom stereocenters. The van der Waals surface area contributed by atoms with Crippen molar-refractivity contribution in [2.24, 2.45) is 11.8 Å². The van der Waals surface area contributed by atoms with Gasteiger partial charge in [-0.05, 0) is 36.9 Å². The van der Waals surface area contributed by atoms with E-state index >= 15 is 0 Å². The first-order chi connectivity index (χ1) is 19.9. The van der Waals surface area contributed by atoms with Crippen LogP contribution in [0.1, 0.15) is 196 Å².